The summed E-state index contributed by atoms with van der Waals surface area (Å²) < 4.78 is 0. The molecule has 0 aliphatic carbocycles. The zero-order chi connectivity index (χ0) is 13.1. The average Bonchev–Trinajstić information content (AvgIpc) is 2.39. The van der Waals surface area contributed by atoms with E-state index in [0.717, 1.165) is 0 Å². The Morgan fingerprint density at radius 3 is 1.94 bits per heavy atom. The smallest absolute Gasteiger partial charge is 0.249 e. The van der Waals surface area contributed by atoms with Gasteiger partial charge in [-0.05, 0) is 30.3 Å². The number of nitrogen functional groups attached to an aromatic ring is 1. The van der Waals surface area contributed by atoms with Gasteiger partial charge in [-0.3, -0.25) is 9.59 Å². The first-order valence-electron chi connectivity index (χ1n) is 5.38. The Balaban J connectivity index is 2.46. The van der Waals surface area contributed by atoms with Gasteiger partial charge in [0.25, 0.3) is 0 Å². The standard InChI is InChI=1S/C14H12N2O2/c15-10-7-5-9(6-8-10)13(17)11-3-1-2-4-12(11)14(16)18/h1-8H,15H2,(H2,16,18). The summed E-state index contributed by atoms with van der Waals surface area (Å²) in [6.07, 6.45) is 0. The minimum atomic E-state index is -0.616. The highest BCUT2D eigenvalue weighted by Gasteiger charge is 2.15. The quantitative estimate of drug-likeness (QED) is 0.631. The summed E-state index contributed by atoms with van der Waals surface area (Å²) >= 11 is 0. The van der Waals surface area contributed by atoms with Gasteiger partial charge >= 0.3 is 0 Å². The van der Waals surface area contributed by atoms with Crippen LogP contribution in [0.5, 0.6) is 0 Å². The first-order valence-corrected chi connectivity index (χ1v) is 5.38. The SMILES string of the molecule is NC(=O)c1ccccc1C(=O)c1ccc(N)cc1. The van der Waals surface area contributed by atoms with E-state index >= 15 is 0 Å². The number of carbonyl (C=O) groups excluding carboxylic acids is 2. The molecule has 0 radical (unpaired) electrons. The van der Waals surface area contributed by atoms with Crippen LogP contribution in [0.15, 0.2) is 48.5 Å². The molecule has 4 nitrogen and oxygen atoms in total. The third-order valence-electron chi connectivity index (χ3n) is 2.61. The van der Waals surface area contributed by atoms with Crippen LogP contribution in [-0.4, -0.2) is 11.7 Å². The molecule has 0 saturated heterocycles. The third kappa shape index (κ3) is 2.22. The van der Waals surface area contributed by atoms with Gasteiger partial charge in [0.2, 0.25) is 5.91 Å². The number of primary amides is 1. The molecule has 1 amide bonds. The van der Waals surface area contributed by atoms with Crippen LogP contribution >= 0.6 is 0 Å². The Bertz CT molecular complexity index is 603. The number of benzene rings is 2. The highest BCUT2D eigenvalue weighted by atomic mass is 16.1. The molecule has 18 heavy (non-hydrogen) atoms. The highest BCUT2D eigenvalue weighted by Crippen LogP contribution is 2.15. The molecule has 0 saturated carbocycles. The van der Waals surface area contributed by atoms with E-state index in [9.17, 15) is 9.59 Å². The van der Waals surface area contributed by atoms with Crippen LogP contribution in [0.4, 0.5) is 5.69 Å². The third-order valence-corrected chi connectivity index (χ3v) is 2.61. The van der Waals surface area contributed by atoms with Gasteiger partial charge in [0.05, 0.1) is 5.56 Å². The van der Waals surface area contributed by atoms with Crippen molar-refractivity contribution in [1.82, 2.24) is 0 Å². The molecule has 0 unspecified atom stereocenters. The fourth-order valence-electron chi connectivity index (χ4n) is 1.69. The van der Waals surface area contributed by atoms with Crippen LogP contribution in [-0.2, 0) is 0 Å². The van der Waals surface area contributed by atoms with Gasteiger partial charge < -0.3 is 11.5 Å². The molecule has 0 aliphatic rings. The molecule has 2 aromatic carbocycles. The molecule has 4 heteroatoms. The van der Waals surface area contributed by atoms with E-state index in [1.807, 2.05) is 0 Å². The largest absolute Gasteiger partial charge is 0.399 e. The van der Waals surface area contributed by atoms with Crippen molar-refractivity contribution in [3.8, 4) is 0 Å². The molecular weight excluding hydrogens is 228 g/mol. The summed E-state index contributed by atoms with van der Waals surface area (Å²) in [6, 6.07) is 13.0. The lowest BCUT2D eigenvalue weighted by Gasteiger charge is -2.05. The lowest BCUT2D eigenvalue weighted by Crippen LogP contribution is -2.16. The van der Waals surface area contributed by atoms with Crippen molar-refractivity contribution >= 4 is 17.4 Å². The van der Waals surface area contributed by atoms with Crippen molar-refractivity contribution in [2.45, 2.75) is 0 Å². The summed E-state index contributed by atoms with van der Waals surface area (Å²) in [5.74, 6) is -0.862. The maximum atomic E-state index is 12.2. The molecule has 0 spiro atoms. The van der Waals surface area contributed by atoms with E-state index in [-0.39, 0.29) is 11.3 Å². The predicted molar refractivity (Wildman–Crippen MR) is 69.2 cm³/mol. The van der Waals surface area contributed by atoms with Crippen LogP contribution in [0.2, 0.25) is 0 Å². The van der Waals surface area contributed by atoms with E-state index in [4.69, 9.17) is 11.5 Å². The van der Waals surface area contributed by atoms with Crippen LogP contribution in [0.3, 0.4) is 0 Å². The molecule has 90 valence electrons. The van der Waals surface area contributed by atoms with Crippen molar-refractivity contribution in [2.24, 2.45) is 5.73 Å². The van der Waals surface area contributed by atoms with E-state index in [0.29, 0.717) is 16.8 Å². The minimum absolute atomic E-state index is 0.222. The summed E-state index contributed by atoms with van der Waals surface area (Å²) in [5, 5.41) is 0. The summed E-state index contributed by atoms with van der Waals surface area (Å²) in [6.45, 7) is 0. The van der Waals surface area contributed by atoms with Gasteiger partial charge in [-0.1, -0.05) is 18.2 Å². The monoisotopic (exact) mass is 240 g/mol. The molecule has 0 fully saturated rings. The normalized spacial score (nSPS) is 10.0. The zero-order valence-corrected chi connectivity index (χ0v) is 9.59. The number of hydrogen-bond acceptors (Lipinski definition) is 3. The number of nitrogens with two attached hydrogens (primary N) is 2. The summed E-state index contributed by atoms with van der Waals surface area (Å²) in [7, 11) is 0. The lowest BCUT2D eigenvalue weighted by atomic mass is 9.98. The number of amides is 1. The Kier molecular flexibility index (Phi) is 3.10. The number of ketones is 1. The fourth-order valence-corrected chi connectivity index (χ4v) is 1.69. The van der Waals surface area contributed by atoms with Gasteiger partial charge in [-0.2, -0.15) is 0 Å². The molecule has 0 atom stereocenters. The summed E-state index contributed by atoms with van der Waals surface area (Å²) in [4.78, 5) is 23.5. The Hall–Kier alpha value is -2.62. The van der Waals surface area contributed by atoms with Crippen molar-refractivity contribution in [2.75, 3.05) is 5.73 Å². The molecule has 2 rings (SSSR count). The van der Waals surface area contributed by atoms with Crippen LogP contribution in [0.1, 0.15) is 26.3 Å². The second-order valence-electron chi connectivity index (χ2n) is 3.86. The Morgan fingerprint density at radius 1 is 0.833 bits per heavy atom. The van der Waals surface area contributed by atoms with Gasteiger partial charge in [-0.25, -0.2) is 0 Å². The number of rotatable bonds is 3. The van der Waals surface area contributed by atoms with E-state index < -0.39 is 5.91 Å². The zero-order valence-electron chi connectivity index (χ0n) is 9.59. The van der Waals surface area contributed by atoms with Gasteiger partial charge in [0, 0.05) is 16.8 Å². The van der Waals surface area contributed by atoms with Gasteiger partial charge in [0.15, 0.2) is 5.78 Å². The first kappa shape index (κ1) is 11.9. The lowest BCUT2D eigenvalue weighted by molar-refractivity contribution is 0.0981. The van der Waals surface area contributed by atoms with E-state index in [1.165, 1.54) is 6.07 Å². The maximum absolute atomic E-state index is 12.2. The van der Waals surface area contributed by atoms with Crippen molar-refractivity contribution in [3.63, 3.8) is 0 Å². The van der Waals surface area contributed by atoms with Crippen molar-refractivity contribution < 1.29 is 9.59 Å². The topological polar surface area (TPSA) is 86.2 Å². The average molecular weight is 240 g/mol. The Labute approximate surface area is 104 Å². The van der Waals surface area contributed by atoms with E-state index in [1.54, 1.807) is 42.5 Å². The highest BCUT2D eigenvalue weighted by molar-refractivity contribution is 6.15. The van der Waals surface area contributed by atoms with Gasteiger partial charge in [-0.15, -0.1) is 0 Å². The summed E-state index contributed by atoms with van der Waals surface area (Å²) in [5.41, 5.74) is 12.4. The molecule has 0 bridgehead atoms. The first-order chi connectivity index (χ1) is 8.59. The minimum Gasteiger partial charge on any atom is -0.399 e. The second-order valence-corrected chi connectivity index (χ2v) is 3.86. The Morgan fingerprint density at radius 2 is 1.39 bits per heavy atom. The molecule has 0 aromatic heterocycles. The van der Waals surface area contributed by atoms with Crippen LogP contribution < -0.4 is 11.5 Å². The van der Waals surface area contributed by atoms with Crippen LogP contribution in [0.25, 0.3) is 0 Å². The molecular formula is C14H12N2O2. The van der Waals surface area contributed by atoms with E-state index in [2.05, 4.69) is 0 Å². The predicted octanol–water partition coefficient (Wildman–Crippen LogP) is 1.60. The molecule has 0 heterocycles. The van der Waals surface area contributed by atoms with Crippen molar-refractivity contribution in [1.29, 1.82) is 0 Å². The maximum Gasteiger partial charge on any atom is 0.249 e. The number of carbonyl (C=O) groups is 2. The van der Waals surface area contributed by atoms with Gasteiger partial charge in [0.1, 0.15) is 0 Å². The van der Waals surface area contributed by atoms with Crippen LogP contribution in [0, 0.1) is 0 Å². The molecule has 2 aromatic rings. The number of anilines is 1. The number of hydrogen-bond donors (Lipinski definition) is 2. The molecule has 4 N–H and O–H groups in total. The molecule has 0 aliphatic heterocycles. The van der Waals surface area contributed by atoms with Crippen molar-refractivity contribution in [3.05, 3.63) is 65.2 Å². The fraction of sp³-hybridized carbons (Fsp3) is 0. The second kappa shape index (κ2) is 4.71.